The van der Waals surface area contributed by atoms with Crippen LogP contribution in [0.15, 0.2) is 0 Å². The van der Waals surface area contributed by atoms with Crippen molar-refractivity contribution in [1.29, 1.82) is 0 Å². The van der Waals surface area contributed by atoms with Gasteiger partial charge in [0.2, 0.25) is 0 Å². The molecule has 0 aliphatic rings. The quantitative estimate of drug-likeness (QED) is 0.219. The molecule has 15 heavy (non-hydrogen) atoms. The molecule has 0 aliphatic carbocycles. The van der Waals surface area contributed by atoms with E-state index in [-0.39, 0.29) is 59.1 Å². The molecule has 80 valence electrons. The van der Waals surface area contributed by atoms with Crippen LogP contribution < -0.4 is 59.1 Å². The summed E-state index contributed by atoms with van der Waals surface area (Å²) in [5, 5.41) is 15.8. The van der Waals surface area contributed by atoms with Gasteiger partial charge < -0.3 is 19.3 Å². The molecule has 2 atom stereocenters. The average molecular weight is 280 g/mol. The van der Waals surface area contributed by atoms with Crippen LogP contribution >= 0.6 is 0 Å². The molecule has 0 aliphatic heterocycles. The van der Waals surface area contributed by atoms with E-state index in [2.05, 4.69) is 0 Å². The van der Waals surface area contributed by atoms with E-state index in [1.807, 2.05) is 0 Å². The molecule has 0 aromatic rings. The summed E-state index contributed by atoms with van der Waals surface area (Å²) in [7, 11) is -8.59. The predicted octanol–water partition coefficient (Wildman–Crippen LogP) is -8.21. The van der Waals surface area contributed by atoms with E-state index in [9.17, 15) is 4.79 Å². The van der Waals surface area contributed by atoms with Crippen LogP contribution in [0.1, 0.15) is 6.92 Å². The van der Waals surface area contributed by atoms with Crippen LogP contribution in [0.2, 0.25) is 0 Å². The standard InChI is InChI=1S/C3H6O3.2Na.H2O5S2/c1-2(4)3(5)6;;;1-6(2)7(3,4)5/h2,4H,1H3,(H,5,6);;;(H,1,2)(H,3,4,5)/q;2*+1;/p-2. The van der Waals surface area contributed by atoms with Gasteiger partial charge in [-0.25, -0.2) is 13.2 Å². The van der Waals surface area contributed by atoms with Crippen molar-refractivity contribution in [2.45, 2.75) is 13.0 Å². The van der Waals surface area contributed by atoms with Gasteiger partial charge in [0.25, 0.3) is 0 Å². The summed E-state index contributed by atoms with van der Waals surface area (Å²) >= 11 is 0. The number of hydrogen-bond acceptors (Lipinski definition) is 7. The number of aliphatic hydroxyl groups excluding tert-OH is 1. The molecule has 0 aromatic carbocycles. The van der Waals surface area contributed by atoms with E-state index in [1.54, 1.807) is 0 Å². The summed E-state index contributed by atoms with van der Waals surface area (Å²) in [6.07, 6.45) is -1.23. The molecule has 2 N–H and O–H groups in total. The monoisotopic (exact) mass is 280 g/mol. The fraction of sp³-hybridized carbons (Fsp3) is 0.667. The van der Waals surface area contributed by atoms with Crippen molar-refractivity contribution in [2.75, 3.05) is 0 Å². The van der Waals surface area contributed by atoms with E-state index in [0.717, 1.165) is 0 Å². The Morgan fingerprint density at radius 3 is 1.53 bits per heavy atom. The van der Waals surface area contributed by atoms with Crippen LogP contribution in [-0.2, 0) is 24.1 Å². The normalized spacial score (nSPS) is 13.1. The first-order chi connectivity index (χ1) is 5.59. The van der Waals surface area contributed by atoms with Crippen molar-refractivity contribution in [3.05, 3.63) is 0 Å². The Balaban J connectivity index is -0.0000000718. The first-order valence-corrected chi connectivity index (χ1v) is 5.55. The second-order valence-electron chi connectivity index (χ2n) is 1.63. The maximum atomic E-state index is 9.45. The summed E-state index contributed by atoms with van der Waals surface area (Å²) in [6, 6.07) is 0. The molecule has 8 nitrogen and oxygen atoms in total. The van der Waals surface area contributed by atoms with E-state index in [1.165, 1.54) is 6.92 Å². The molecule has 0 saturated heterocycles. The largest absolute Gasteiger partial charge is 1.00 e. The molecule has 0 aromatic heterocycles. The minimum Gasteiger partial charge on any atom is -0.761 e. The Morgan fingerprint density at radius 1 is 1.40 bits per heavy atom. The molecule has 2 unspecified atom stereocenters. The maximum Gasteiger partial charge on any atom is 1.00 e. The molecule has 0 bridgehead atoms. The van der Waals surface area contributed by atoms with Gasteiger partial charge in [-0.2, -0.15) is 0 Å². The first kappa shape index (κ1) is 25.3. The van der Waals surface area contributed by atoms with Crippen molar-refractivity contribution in [3.8, 4) is 0 Å². The third-order valence-electron chi connectivity index (χ3n) is 0.524. The molecule has 0 rings (SSSR count). The number of carbonyl (C=O) groups is 1. The molecule has 0 saturated carbocycles. The molecule has 0 heterocycles. The Morgan fingerprint density at radius 2 is 1.53 bits per heavy atom. The van der Waals surface area contributed by atoms with E-state index in [0.29, 0.717) is 0 Å². The van der Waals surface area contributed by atoms with Crippen LogP contribution in [0.5, 0.6) is 0 Å². The van der Waals surface area contributed by atoms with Crippen LogP contribution in [-0.4, -0.2) is 44.0 Å². The SMILES string of the molecule is CC(O)C(=O)O.O=S([O-])S(=O)(=O)[O-].[Na+].[Na+]. The van der Waals surface area contributed by atoms with Gasteiger partial charge in [-0.1, -0.05) is 0 Å². The molecule has 0 amide bonds. The topological polar surface area (TPSA) is 155 Å². The van der Waals surface area contributed by atoms with Crippen molar-refractivity contribution in [1.82, 2.24) is 0 Å². The van der Waals surface area contributed by atoms with Crippen LogP contribution in [0.4, 0.5) is 0 Å². The Labute approximate surface area is 132 Å². The molecule has 0 spiro atoms. The van der Waals surface area contributed by atoms with Crippen molar-refractivity contribution < 1.29 is 95.9 Å². The van der Waals surface area contributed by atoms with Gasteiger partial charge in [0, 0.05) is 0 Å². The fourth-order valence-electron chi connectivity index (χ4n) is 0. The zero-order valence-electron chi connectivity index (χ0n) is 8.24. The third kappa shape index (κ3) is 21.3. The zero-order chi connectivity index (χ0) is 11.2. The number of carboxylic acids is 1. The first-order valence-electron chi connectivity index (χ1n) is 2.55. The molecule has 0 fully saturated rings. The van der Waals surface area contributed by atoms with Gasteiger partial charge in [-0.3, -0.25) is 4.21 Å². The van der Waals surface area contributed by atoms with E-state index in [4.69, 9.17) is 31.9 Å². The number of aliphatic hydroxyl groups is 1. The van der Waals surface area contributed by atoms with Crippen molar-refractivity contribution in [3.63, 3.8) is 0 Å². The van der Waals surface area contributed by atoms with Crippen molar-refractivity contribution >= 4 is 25.2 Å². The summed E-state index contributed by atoms with van der Waals surface area (Å²) < 4.78 is 45.7. The van der Waals surface area contributed by atoms with Crippen LogP contribution in [0.3, 0.4) is 0 Å². The van der Waals surface area contributed by atoms with Gasteiger partial charge >= 0.3 is 65.1 Å². The Kier molecular flexibility index (Phi) is 20.1. The second-order valence-corrected chi connectivity index (χ2v) is 4.89. The number of rotatable bonds is 2. The molecule has 12 heteroatoms. The number of aliphatic carboxylic acids is 1. The smallest absolute Gasteiger partial charge is 0.761 e. The number of carboxylic acid groups (broad SMARTS) is 1. The fourth-order valence-corrected chi connectivity index (χ4v) is 0. The summed E-state index contributed by atoms with van der Waals surface area (Å²) in [5.74, 6) is -1.19. The van der Waals surface area contributed by atoms with Crippen molar-refractivity contribution in [2.24, 2.45) is 0 Å². The van der Waals surface area contributed by atoms with Crippen LogP contribution in [0, 0.1) is 0 Å². The zero-order valence-corrected chi connectivity index (χ0v) is 13.9. The Hall–Kier alpha value is 1.45. The van der Waals surface area contributed by atoms with Gasteiger partial charge in [0.05, 0.1) is 10.1 Å². The molecular weight excluding hydrogens is 274 g/mol. The van der Waals surface area contributed by atoms with Gasteiger partial charge in [-0.05, 0) is 6.92 Å². The van der Waals surface area contributed by atoms with Gasteiger partial charge in [-0.15, -0.1) is 0 Å². The molecular formula is C3H6Na2O8S2. The van der Waals surface area contributed by atoms with Gasteiger partial charge in [0.15, 0.2) is 9.15 Å². The predicted molar refractivity (Wildman–Crippen MR) is 37.9 cm³/mol. The summed E-state index contributed by atoms with van der Waals surface area (Å²) in [5.41, 5.74) is 0. The summed E-state index contributed by atoms with van der Waals surface area (Å²) in [6.45, 7) is 1.20. The van der Waals surface area contributed by atoms with Crippen LogP contribution in [0.25, 0.3) is 0 Å². The minimum atomic E-state index is -5.07. The van der Waals surface area contributed by atoms with E-state index < -0.39 is 31.3 Å². The maximum absolute atomic E-state index is 9.45. The third-order valence-corrected chi connectivity index (χ3v) is 1.86. The number of hydrogen-bond donors (Lipinski definition) is 2. The van der Waals surface area contributed by atoms with E-state index >= 15 is 0 Å². The second kappa shape index (κ2) is 11.9. The molecule has 0 radical (unpaired) electrons. The Bertz CT molecular complexity index is 284. The van der Waals surface area contributed by atoms with Gasteiger partial charge in [0.1, 0.15) is 6.10 Å². The summed E-state index contributed by atoms with van der Waals surface area (Å²) in [4.78, 5) is 9.45. The minimum absolute atomic E-state index is 0. The average Bonchev–Trinajstić information content (AvgIpc) is 1.86.